The van der Waals surface area contributed by atoms with Gasteiger partial charge in [-0.3, -0.25) is 0 Å². The van der Waals surface area contributed by atoms with E-state index in [1.54, 1.807) is 0 Å². The fourth-order valence-electron chi connectivity index (χ4n) is 10.3. The monoisotopic (exact) mass is 656 g/mol. The fourth-order valence-corrected chi connectivity index (χ4v) is 10.3. The van der Waals surface area contributed by atoms with Crippen molar-refractivity contribution in [3.05, 3.63) is 167 Å². The molecule has 3 heterocycles. The van der Waals surface area contributed by atoms with E-state index in [2.05, 4.69) is 185 Å². The van der Waals surface area contributed by atoms with Crippen LogP contribution in [0, 0.1) is 0 Å². The van der Waals surface area contributed by atoms with Gasteiger partial charge in [0.15, 0.2) is 0 Å². The van der Waals surface area contributed by atoms with Crippen molar-refractivity contribution in [3.63, 3.8) is 0 Å². The first-order valence-corrected chi connectivity index (χ1v) is 18.4. The number of anilines is 6. The lowest BCUT2D eigenvalue weighted by Gasteiger charge is -2.50. The Labute approximate surface area is 299 Å². The average Bonchev–Trinajstić information content (AvgIpc) is 3.14. The summed E-state index contributed by atoms with van der Waals surface area (Å²) in [5.74, 6) is 0. The van der Waals surface area contributed by atoms with E-state index in [0.29, 0.717) is 0 Å². The van der Waals surface area contributed by atoms with Crippen molar-refractivity contribution in [2.75, 3.05) is 9.80 Å². The Morgan fingerprint density at radius 3 is 1.41 bits per heavy atom. The Bertz CT molecular complexity index is 2750. The third-order valence-corrected chi connectivity index (χ3v) is 12.9. The molecule has 0 aliphatic carbocycles. The van der Waals surface area contributed by atoms with Crippen molar-refractivity contribution in [3.8, 4) is 0 Å². The number of para-hydroxylation sites is 4. The summed E-state index contributed by atoms with van der Waals surface area (Å²) in [6.07, 6.45) is 0. The summed E-state index contributed by atoms with van der Waals surface area (Å²) in [5, 5.41) is 7.88. The van der Waals surface area contributed by atoms with Crippen molar-refractivity contribution < 1.29 is 0 Å². The third kappa shape index (κ3) is 3.44. The topological polar surface area (TPSA) is 6.48 Å². The maximum Gasteiger partial charge on any atom is 0.0581 e. The highest BCUT2D eigenvalue weighted by atomic mass is 15.2. The minimum atomic E-state index is -0.177. The van der Waals surface area contributed by atoms with Gasteiger partial charge in [-0.15, -0.1) is 0 Å². The third-order valence-electron chi connectivity index (χ3n) is 12.9. The lowest BCUT2D eigenvalue weighted by molar-refractivity contribution is 0.598. The summed E-state index contributed by atoms with van der Waals surface area (Å²) < 4.78 is 0. The minimum Gasteiger partial charge on any atom is -0.309 e. The first-order valence-electron chi connectivity index (χ1n) is 18.4. The highest BCUT2D eigenvalue weighted by Crippen LogP contribution is 2.62. The molecule has 8 aromatic carbocycles. The van der Waals surface area contributed by atoms with Crippen molar-refractivity contribution in [1.82, 2.24) is 0 Å². The molecule has 0 aromatic heterocycles. The zero-order chi connectivity index (χ0) is 34.6. The maximum atomic E-state index is 2.62. The van der Waals surface area contributed by atoms with Crippen LogP contribution in [0.1, 0.15) is 74.9 Å². The molecule has 51 heavy (non-hydrogen) atoms. The summed E-state index contributed by atoms with van der Waals surface area (Å²) in [7, 11) is 0. The fraction of sp³-hybridized carbons (Fsp3) is 0.184. The van der Waals surface area contributed by atoms with E-state index in [4.69, 9.17) is 0 Å². The van der Waals surface area contributed by atoms with Crippen molar-refractivity contribution in [1.29, 1.82) is 0 Å². The number of benzene rings is 8. The van der Waals surface area contributed by atoms with Crippen LogP contribution in [-0.2, 0) is 16.2 Å². The zero-order valence-electron chi connectivity index (χ0n) is 30.1. The van der Waals surface area contributed by atoms with E-state index >= 15 is 0 Å². The molecule has 8 aromatic rings. The van der Waals surface area contributed by atoms with Crippen molar-refractivity contribution in [2.24, 2.45) is 0 Å². The van der Waals surface area contributed by atoms with E-state index < -0.39 is 0 Å². The maximum absolute atomic E-state index is 2.62. The zero-order valence-corrected chi connectivity index (χ0v) is 30.1. The molecule has 3 aliphatic heterocycles. The molecule has 0 atom stereocenters. The second-order valence-corrected chi connectivity index (χ2v) is 16.6. The van der Waals surface area contributed by atoms with E-state index in [1.807, 2.05) is 0 Å². The second-order valence-electron chi connectivity index (χ2n) is 16.6. The molecule has 0 spiro atoms. The Balaban J connectivity index is 1.25. The van der Waals surface area contributed by atoms with Crippen molar-refractivity contribution in [2.45, 2.75) is 57.8 Å². The highest BCUT2D eigenvalue weighted by Gasteiger charge is 2.46. The van der Waals surface area contributed by atoms with Gasteiger partial charge in [-0.2, -0.15) is 0 Å². The molecule has 2 nitrogen and oxygen atoms in total. The predicted molar refractivity (Wildman–Crippen MR) is 216 cm³/mol. The van der Waals surface area contributed by atoms with Gasteiger partial charge in [-0.25, -0.2) is 0 Å². The molecule has 0 fully saturated rings. The largest absolute Gasteiger partial charge is 0.309 e. The van der Waals surface area contributed by atoms with E-state index in [0.717, 1.165) is 0 Å². The normalized spacial score (nSPS) is 17.2. The van der Waals surface area contributed by atoms with Crippen LogP contribution in [0.3, 0.4) is 0 Å². The lowest BCUT2D eigenvalue weighted by Crippen LogP contribution is -2.38. The van der Waals surface area contributed by atoms with Crippen LogP contribution in [0.5, 0.6) is 0 Å². The molecule has 11 rings (SSSR count). The summed E-state index contributed by atoms with van der Waals surface area (Å²) in [5.41, 5.74) is 15.6. The van der Waals surface area contributed by atoms with Gasteiger partial charge in [-0.05, 0) is 85.3 Å². The van der Waals surface area contributed by atoms with Gasteiger partial charge in [0, 0.05) is 27.0 Å². The van der Waals surface area contributed by atoms with Gasteiger partial charge in [0.05, 0.1) is 34.1 Å². The second kappa shape index (κ2) is 9.38. The molecule has 3 aliphatic rings. The Morgan fingerprint density at radius 2 is 0.784 bits per heavy atom. The Kier molecular flexibility index (Phi) is 5.37. The van der Waals surface area contributed by atoms with Gasteiger partial charge < -0.3 is 9.80 Å². The van der Waals surface area contributed by atoms with E-state index in [-0.39, 0.29) is 16.2 Å². The number of rotatable bonds is 1. The van der Waals surface area contributed by atoms with Crippen LogP contribution in [0.2, 0.25) is 0 Å². The number of hydrogen-bond acceptors (Lipinski definition) is 2. The summed E-state index contributed by atoms with van der Waals surface area (Å²) in [6.45, 7) is 14.4. The molecule has 2 heteroatoms. The SMILES string of the molecule is CC1(C)c2ccccc2N(c2ccc3ccc4cc5c(c6ccc2c3c46)N2c3ccccc3C(C)(C)c3cccc(c32)C5(C)C)c2ccccc21. The minimum absolute atomic E-state index is 0.103. The van der Waals surface area contributed by atoms with Crippen LogP contribution < -0.4 is 9.80 Å². The molecule has 246 valence electrons. The predicted octanol–water partition coefficient (Wildman–Crippen LogP) is 13.4. The molecule has 0 radical (unpaired) electrons. The van der Waals surface area contributed by atoms with E-state index in [1.165, 1.54) is 99.8 Å². The molecular weight excluding hydrogens is 617 g/mol. The molecular formula is C49H40N2. The molecule has 0 amide bonds. The first kappa shape index (κ1) is 29.2. The van der Waals surface area contributed by atoms with Gasteiger partial charge in [0.2, 0.25) is 0 Å². The smallest absolute Gasteiger partial charge is 0.0581 e. The summed E-state index contributed by atoms with van der Waals surface area (Å²) in [4.78, 5) is 5.14. The number of hydrogen-bond donors (Lipinski definition) is 0. The Morgan fingerprint density at radius 1 is 0.333 bits per heavy atom. The average molecular weight is 657 g/mol. The summed E-state index contributed by atoms with van der Waals surface area (Å²) in [6, 6.07) is 50.8. The van der Waals surface area contributed by atoms with Crippen LogP contribution in [0.4, 0.5) is 34.1 Å². The van der Waals surface area contributed by atoms with Gasteiger partial charge in [-0.1, -0.05) is 145 Å². The molecule has 0 unspecified atom stereocenters. The number of fused-ring (bicyclic) bond motifs is 7. The molecule has 0 saturated carbocycles. The van der Waals surface area contributed by atoms with Crippen LogP contribution in [0.15, 0.2) is 133 Å². The summed E-state index contributed by atoms with van der Waals surface area (Å²) >= 11 is 0. The van der Waals surface area contributed by atoms with Crippen molar-refractivity contribution >= 4 is 66.4 Å². The van der Waals surface area contributed by atoms with Crippen LogP contribution in [0.25, 0.3) is 32.3 Å². The van der Waals surface area contributed by atoms with Gasteiger partial charge in [0.25, 0.3) is 0 Å². The molecule has 0 saturated heterocycles. The van der Waals surface area contributed by atoms with Gasteiger partial charge in [0.1, 0.15) is 0 Å². The van der Waals surface area contributed by atoms with E-state index in [9.17, 15) is 0 Å². The highest BCUT2D eigenvalue weighted by molar-refractivity contribution is 6.29. The first-order chi connectivity index (χ1) is 24.6. The van der Waals surface area contributed by atoms with Crippen LogP contribution >= 0.6 is 0 Å². The Hall–Kier alpha value is -5.60. The van der Waals surface area contributed by atoms with Crippen LogP contribution in [-0.4, -0.2) is 0 Å². The number of nitrogens with zero attached hydrogens (tertiary/aromatic N) is 2. The quantitative estimate of drug-likeness (QED) is 0.162. The lowest BCUT2D eigenvalue weighted by atomic mass is 9.66. The molecule has 0 N–H and O–H groups in total. The van der Waals surface area contributed by atoms with Gasteiger partial charge >= 0.3 is 0 Å². The standard InChI is InChI=1S/C49H40N2/c1-47(2)33-14-7-10-19-40(33)50(41-20-11-8-15-34(41)47)39-27-24-29-22-23-30-28-38-45(32-26-25-31(39)43(29)44(30)32)51-42-21-12-9-16-35(42)48(3,4)36-17-13-18-37(46(36)51)49(38,5)6/h7-28H,1-6H3. The molecule has 0 bridgehead atoms.